The lowest BCUT2D eigenvalue weighted by molar-refractivity contribution is -0.184. The zero-order chi connectivity index (χ0) is 29.6. The van der Waals surface area contributed by atoms with Crippen LogP contribution in [0.5, 0.6) is 17.2 Å². The first-order chi connectivity index (χ1) is 19.5. The molecule has 2 N–H and O–H groups in total. The molecule has 2 heterocycles. The molecule has 2 aromatic carbocycles. The third-order valence-electron chi connectivity index (χ3n) is 7.11. The van der Waals surface area contributed by atoms with E-state index in [1.54, 1.807) is 30.3 Å². The zero-order valence-corrected chi connectivity index (χ0v) is 23.3. The number of nitrogens with zero attached hydrogens (tertiary/aromatic N) is 2. The summed E-state index contributed by atoms with van der Waals surface area (Å²) in [5, 5.41) is 12.9. The molecule has 2 aliphatic heterocycles. The molecular formula is C28H33ClF3N3O6. The van der Waals surface area contributed by atoms with Gasteiger partial charge in [-0.3, -0.25) is 9.59 Å². The van der Waals surface area contributed by atoms with E-state index in [2.05, 4.69) is 4.90 Å². The van der Waals surface area contributed by atoms with Crippen molar-refractivity contribution in [3.8, 4) is 17.2 Å². The Morgan fingerprint density at radius 2 is 1.90 bits per heavy atom. The van der Waals surface area contributed by atoms with Gasteiger partial charge in [-0.25, -0.2) is 0 Å². The van der Waals surface area contributed by atoms with E-state index in [0.717, 1.165) is 5.56 Å². The predicted octanol–water partition coefficient (Wildman–Crippen LogP) is 3.27. The number of halogens is 4. The first-order valence-electron chi connectivity index (χ1n) is 13.3. The maximum absolute atomic E-state index is 14.0. The fourth-order valence-corrected chi connectivity index (χ4v) is 4.99. The predicted molar refractivity (Wildman–Crippen MR) is 144 cm³/mol. The van der Waals surface area contributed by atoms with Crippen molar-refractivity contribution in [2.75, 3.05) is 46.6 Å². The van der Waals surface area contributed by atoms with E-state index in [1.807, 2.05) is 12.4 Å². The Hall–Kier alpha value is -3.22. The fourth-order valence-electron chi connectivity index (χ4n) is 4.81. The number of nitrogens with one attached hydrogen (secondary N) is 1. The van der Waals surface area contributed by atoms with Crippen LogP contribution in [0.25, 0.3) is 0 Å². The van der Waals surface area contributed by atoms with Crippen LogP contribution >= 0.6 is 11.6 Å². The van der Waals surface area contributed by atoms with Crippen molar-refractivity contribution in [3.05, 3.63) is 53.1 Å². The monoisotopic (exact) mass is 599 g/mol. The first kappa shape index (κ1) is 30.7. The van der Waals surface area contributed by atoms with Crippen molar-refractivity contribution in [1.29, 1.82) is 0 Å². The second-order valence-electron chi connectivity index (χ2n) is 10.2. The largest absolute Gasteiger partial charge is 0.484 e. The molecule has 13 heteroatoms. The minimum atomic E-state index is -4.98. The summed E-state index contributed by atoms with van der Waals surface area (Å²) in [5.41, 5.74) is 0.795. The van der Waals surface area contributed by atoms with Crippen LogP contribution in [0.4, 0.5) is 13.2 Å². The normalized spacial score (nSPS) is 17.1. The molecule has 0 radical (unpaired) electrons. The summed E-state index contributed by atoms with van der Waals surface area (Å²) >= 11 is 5.86. The standard InChI is InChI=1S/C28H33ClF3N3O6/c1-34-10-8-19(9-11-34)27(38)35(12-7-18-5-6-23-24(13-18)41-17-40-23)15-22(36)26(28(30,31)32)33-25(37)16-39-21-4-2-3-20(29)14-21/h2-6,13-14,19,22,26,36H,7-12,15-17H2,1H3,(H,33,37). The number of ether oxygens (including phenoxy) is 3. The van der Waals surface area contributed by atoms with Gasteiger partial charge in [-0.15, -0.1) is 0 Å². The number of aliphatic hydroxyl groups excluding tert-OH is 1. The number of benzene rings is 2. The maximum Gasteiger partial charge on any atom is 0.411 e. The number of likely N-dealkylation sites (tertiary alicyclic amines) is 1. The Morgan fingerprint density at radius 1 is 1.17 bits per heavy atom. The van der Waals surface area contributed by atoms with Crippen molar-refractivity contribution in [2.45, 2.75) is 37.6 Å². The number of amides is 2. The fraction of sp³-hybridized carbons (Fsp3) is 0.500. The smallest absolute Gasteiger partial charge is 0.411 e. The molecule has 2 aliphatic rings. The number of carbonyl (C=O) groups is 2. The third-order valence-corrected chi connectivity index (χ3v) is 7.35. The number of hydrogen-bond acceptors (Lipinski definition) is 7. The molecule has 0 aliphatic carbocycles. The summed E-state index contributed by atoms with van der Waals surface area (Å²) in [6, 6.07) is 8.73. The molecule has 0 bridgehead atoms. The van der Waals surface area contributed by atoms with Crippen LogP contribution in [-0.4, -0.2) is 91.7 Å². The second kappa shape index (κ2) is 13.6. The van der Waals surface area contributed by atoms with Crippen molar-refractivity contribution in [2.24, 2.45) is 5.92 Å². The summed E-state index contributed by atoms with van der Waals surface area (Å²) in [4.78, 5) is 29.2. The summed E-state index contributed by atoms with van der Waals surface area (Å²) in [7, 11) is 1.94. The molecule has 2 aromatic rings. The molecule has 0 aromatic heterocycles. The molecule has 9 nitrogen and oxygen atoms in total. The quantitative estimate of drug-likeness (QED) is 0.409. The molecule has 1 saturated heterocycles. The van der Waals surface area contributed by atoms with Crippen LogP contribution < -0.4 is 19.5 Å². The van der Waals surface area contributed by atoms with Crippen molar-refractivity contribution in [1.82, 2.24) is 15.1 Å². The van der Waals surface area contributed by atoms with Gasteiger partial charge in [0, 0.05) is 24.0 Å². The van der Waals surface area contributed by atoms with E-state index >= 15 is 0 Å². The number of alkyl halides is 3. The molecule has 2 amide bonds. The van der Waals surface area contributed by atoms with E-state index in [4.69, 9.17) is 25.8 Å². The molecule has 2 atom stereocenters. The number of hydrogen-bond donors (Lipinski definition) is 2. The van der Waals surface area contributed by atoms with Crippen LogP contribution in [-0.2, 0) is 16.0 Å². The first-order valence-corrected chi connectivity index (χ1v) is 13.7. The minimum Gasteiger partial charge on any atom is -0.484 e. The SMILES string of the molecule is CN1CCC(C(=O)N(CCc2ccc3c(c2)OCO3)CC(O)C(NC(=O)COc2cccc(Cl)c2)C(F)(F)F)CC1. The Labute approximate surface area is 241 Å². The Kier molecular flexibility index (Phi) is 10.2. The third kappa shape index (κ3) is 8.64. The average molecular weight is 600 g/mol. The van der Waals surface area contributed by atoms with E-state index in [-0.39, 0.29) is 30.9 Å². The molecular weight excluding hydrogens is 567 g/mol. The summed E-state index contributed by atoms with van der Waals surface area (Å²) in [5.74, 6) is -0.438. The summed E-state index contributed by atoms with van der Waals surface area (Å²) in [6.07, 6.45) is -5.65. The molecule has 0 spiro atoms. The zero-order valence-electron chi connectivity index (χ0n) is 22.5. The molecule has 41 heavy (non-hydrogen) atoms. The molecule has 224 valence electrons. The van der Waals surface area contributed by atoms with E-state index < -0.39 is 37.4 Å². The van der Waals surface area contributed by atoms with Crippen LogP contribution in [0.15, 0.2) is 42.5 Å². The van der Waals surface area contributed by atoms with Crippen LogP contribution in [0, 0.1) is 5.92 Å². The molecule has 2 unspecified atom stereocenters. The van der Waals surface area contributed by atoms with Gasteiger partial charge in [0.2, 0.25) is 12.7 Å². The number of fused-ring (bicyclic) bond motifs is 1. The van der Waals surface area contributed by atoms with Crippen molar-refractivity contribution in [3.63, 3.8) is 0 Å². The van der Waals surface area contributed by atoms with Crippen molar-refractivity contribution < 1.29 is 42.1 Å². The summed E-state index contributed by atoms with van der Waals surface area (Å²) < 4.78 is 58.0. The molecule has 1 fully saturated rings. The highest BCUT2D eigenvalue weighted by Crippen LogP contribution is 2.33. The van der Waals surface area contributed by atoms with Gasteiger partial charge in [-0.05, 0) is 75.3 Å². The highest BCUT2D eigenvalue weighted by Gasteiger charge is 2.46. The number of rotatable bonds is 11. The molecule has 4 rings (SSSR count). The number of piperidine rings is 1. The Bertz CT molecular complexity index is 1210. The van der Waals surface area contributed by atoms with E-state index in [9.17, 15) is 27.9 Å². The van der Waals surface area contributed by atoms with Gasteiger partial charge in [0.15, 0.2) is 24.1 Å². The lowest BCUT2D eigenvalue weighted by Crippen LogP contribution is -2.57. The molecule has 0 saturated carbocycles. The minimum absolute atomic E-state index is 0.0677. The van der Waals surface area contributed by atoms with Gasteiger partial charge in [-0.2, -0.15) is 13.2 Å². The topological polar surface area (TPSA) is 101 Å². The highest BCUT2D eigenvalue weighted by molar-refractivity contribution is 6.30. The van der Waals surface area contributed by atoms with Crippen LogP contribution in [0.1, 0.15) is 18.4 Å². The van der Waals surface area contributed by atoms with Gasteiger partial charge >= 0.3 is 6.18 Å². The van der Waals surface area contributed by atoms with Crippen LogP contribution in [0.2, 0.25) is 5.02 Å². The lowest BCUT2D eigenvalue weighted by atomic mass is 9.95. The van der Waals surface area contributed by atoms with Crippen LogP contribution in [0.3, 0.4) is 0 Å². The number of aliphatic hydroxyl groups is 1. The van der Waals surface area contributed by atoms with Gasteiger partial charge < -0.3 is 34.4 Å². The average Bonchev–Trinajstić information content (AvgIpc) is 3.40. The lowest BCUT2D eigenvalue weighted by Gasteiger charge is -2.35. The second-order valence-corrected chi connectivity index (χ2v) is 10.6. The maximum atomic E-state index is 14.0. The Balaban J connectivity index is 1.44. The van der Waals surface area contributed by atoms with Crippen molar-refractivity contribution >= 4 is 23.4 Å². The summed E-state index contributed by atoms with van der Waals surface area (Å²) in [6.45, 7) is 0.196. The van der Waals surface area contributed by atoms with Gasteiger partial charge in [0.25, 0.3) is 5.91 Å². The van der Waals surface area contributed by atoms with Gasteiger partial charge in [0.1, 0.15) is 11.9 Å². The highest BCUT2D eigenvalue weighted by atomic mass is 35.5. The van der Waals surface area contributed by atoms with E-state index in [0.29, 0.717) is 48.9 Å². The van der Waals surface area contributed by atoms with Gasteiger partial charge in [0.05, 0.1) is 0 Å². The Morgan fingerprint density at radius 3 is 2.61 bits per heavy atom. The van der Waals surface area contributed by atoms with Gasteiger partial charge in [-0.1, -0.05) is 23.7 Å². The van der Waals surface area contributed by atoms with E-state index in [1.165, 1.54) is 17.0 Å². The number of carbonyl (C=O) groups excluding carboxylic acids is 2.